The van der Waals surface area contributed by atoms with Gasteiger partial charge in [0.1, 0.15) is 0 Å². The van der Waals surface area contributed by atoms with Crippen LogP contribution in [0.4, 0.5) is 5.69 Å². The van der Waals surface area contributed by atoms with Crippen LogP contribution in [-0.4, -0.2) is 24.4 Å². The van der Waals surface area contributed by atoms with Crippen molar-refractivity contribution in [1.29, 1.82) is 0 Å². The van der Waals surface area contributed by atoms with Gasteiger partial charge in [-0.3, -0.25) is 9.59 Å². The van der Waals surface area contributed by atoms with E-state index in [1.807, 2.05) is 18.2 Å². The summed E-state index contributed by atoms with van der Waals surface area (Å²) in [6, 6.07) is 8.87. The molecule has 0 saturated heterocycles. The SMILES string of the molecule is CC(N)CC(=O)NCC(=O)Nc1ccccc1.Cl. The Balaban J connectivity index is 0.00000289. The number of para-hydroxylation sites is 1. The lowest BCUT2D eigenvalue weighted by atomic mass is 10.2. The van der Waals surface area contributed by atoms with Gasteiger partial charge in [0.05, 0.1) is 6.54 Å². The Hall–Kier alpha value is -1.59. The first-order valence-electron chi connectivity index (χ1n) is 5.45. The van der Waals surface area contributed by atoms with E-state index in [0.717, 1.165) is 0 Å². The van der Waals surface area contributed by atoms with Gasteiger partial charge in [-0.05, 0) is 19.1 Å². The highest BCUT2D eigenvalue weighted by atomic mass is 35.5. The molecule has 1 unspecified atom stereocenters. The van der Waals surface area contributed by atoms with Crippen LogP contribution in [0.2, 0.25) is 0 Å². The summed E-state index contributed by atoms with van der Waals surface area (Å²) < 4.78 is 0. The molecule has 1 atom stereocenters. The van der Waals surface area contributed by atoms with Gasteiger partial charge in [-0.15, -0.1) is 12.4 Å². The maximum Gasteiger partial charge on any atom is 0.243 e. The first kappa shape index (κ1) is 16.4. The minimum atomic E-state index is -0.255. The number of carbonyl (C=O) groups is 2. The minimum absolute atomic E-state index is 0. The van der Waals surface area contributed by atoms with E-state index in [9.17, 15) is 9.59 Å². The molecule has 1 aromatic carbocycles. The van der Waals surface area contributed by atoms with Crippen LogP contribution in [-0.2, 0) is 9.59 Å². The summed E-state index contributed by atoms with van der Waals surface area (Å²) in [7, 11) is 0. The molecule has 0 aliphatic carbocycles. The Morgan fingerprint density at radius 3 is 2.39 bits per heavy atom. The minimum Gasteiger partial charge on any atom is -0.347 e. The van der Waals surface area contributed by atoms with Gasteiger partial charge < -0.3 is 16.4 Å². The van der Waals surface area contributed by atoms with Gasteiger partial charge in [0.25, 0.3) is 0 Å². The second kappa shape index (κ2) is 8.49. The number of nitrogens with one attached hydrogen (secondary N) is 2. The Bertz CT molecular complexity index is 382. The summed E-state index contributed by atoms with van der Waals surface area (Å²) in [6.07, 6.45) is 0.221. The Labute approximate surface area is 113 Å². The molecular weight excluding hydrogens is 254 g/mol. The van der Waals surface area contributed by atoms with Gasteiger partial charge in [-0.2, -0.15) is 0 Å². The van der Waals surface area contributed by atoms with Crippen LogP contribution in [0.1, 0.15) is 13.3 Å². The maximum atomic E-state index is 11.4. The molecular formula is C12H18ClN3O2. The normalized spacial score (nSPS) is 11.0. The third-order valence-electron chi connectivity index (χ3n) is 2.01. The van der Waals surface area contributed by atoms with Crippen molar-refractivity contribution in [2.75, 3.05) is 11.9 Å². The summed E-state index contributed by atoms with van der Waals surface area (Å²) in [4.78, 5) is 22.7. The number of hydrogen-bond donors (Lipinski definition) is 3. The fourth-order valence-corrected chi connectivity index (χ4v) is 1.27. The third-order valence-corrected chi connectivity index (χ3v) is 2.01. The third kappa shape index (κ3) is 6.88. The molecule has 4 N–H and O–H groups in total. The highest BCUT2D eigenvalue weighted by Gasteiger charge is 2.07. The largest absolute Gasteiger partial charge is 0.347 e. The Morgan fingerprint density at radius 1 is 1.22 bits per heavy atom. The molecule has 1 rings (SSSR count). The maximum absolute atomic E-state index is 11.4. The van der Waals surface area contributed by atoms with Crippen molar-refractivity contribution in [1.82, 2.24) is 5.32 Å². The van der Waals surface area contributed by atoms with E-state index >= 15 is 0 Å². The summed E-state index contributed by atoms with van der Waals surface area (Å²) in [5, 5.41) is 5.17. The van der Waals surface area contributed by atoms with Gasteiger partial charge in [0.2, 0.25) is 11.8 Å². The first-order chi connectivity index (χ1) is 8.08. The fourth-order valence-electron chi connectivity index (χ4n) is 1.27. The summed E-state index contributed by atoms with van der Waals surface area (Å²) in [6.45, 7) is 1.70. The number of rotatable bonds is 5. The van der Waals surface area contributed by atoms with Gasteiger partial charge in [-0.25, -0.2) is 0 Å². The molecule has 5 nitrogen and oxygen atoms in total. The van der Waals surface area contributed by atoms with Crippen LogP contribution in [0.3, 0.4) is 0 Å². The standard InChI is InChI=1S/C12H17N3O2.ClH/c1-9(13)7-11(16)14-8-12(17)15-10-5-3-2-4-6-10;/h2-6,9H,7-8,13H2,1H3,(H,14,16)(H,15,17);1H. The smallest absolute Gasteiger partial charge is 0.243 e. The summed E-state index contributed by atoms with van der Waals surface area (Å²) in [5.41, 5.74) is 6.17. The molecule has 18 heavy (non-hydrogen) atoms. The van der Waals surface area contributed by atoms with Crippen LogP contribution in [0.5, 0.6) is 0 Å². The predicted octanol–water partition coefficient (Wildman–Crippen LogP) is 0.900. The lowest BCUT2D eigenvalue weighted by Crippen LogP contribution is -2.35. The van der Waals surface area contributed by atoms with Gasteiger partial charge in [0.15, 0.2) is 0 Å². The van der Waals surface area contributed by atoms with Crippen LogP contribution < -0.4 is 16.4 Å². The van der Waals surface area contributed by atoms with Crippen LogP contribution in [0.15, 0.2) is 30.3 Å². The number of anilines is 1. The molecule has 0 saturated carbocycles. The number of nitrogens with two attached hydrogens (primary N) is 1. The van der Waals surface area contributed by atoms with Crippen molar-refractivity contribution in [2.24, 2.45) is 5.73 Å². The molecule has 0 aliphatic heterocycles. The Kier molecular flexibility index (Phi) is 7.74. The predicted molar refractivity (Wildman–Crippen MR) is 73.6 cm³/mol. The molecule has 0 radical (unpaired) electrons. The molecule has 0 spiro atoms. The number of benzene rings is 1. The molecule has 2 amide bonds. The zero-order chi connectivity index (χ0) is 12.7. The van der Waals surface area contributed by atoms with E-state index in [2.05, 4.69) is 10.6 Å². The topological polar surface area (TPSA) is 84.2 Å². The number of amides is 2. The lowest BCUT2D eigenvalue weighted by molar-refractivity contribution is -0.124. The van der Waals surface area contributed by atoms with Gasteiger partial charge in [-0.1, -0.05) is 18.2 Å². The highest BCUT2D eigenvalue weighted by molar-refractivity contribution is 5.94. The molecule has 0 fully saturated rings. The Morgan fingerprint density at radius 2 is 1.83 bits per heavy atom. The molecule has 0 heterocycles. The quantitative estimate of drug-likeness (QED) is 0.744. The zero-order valence-electron chi connectivity index (χ0n) is 10.2. The molecule has 0 bridgehead atoms. The average Bonchev–Trinajstić information content (AvgIpc) is 2.27. The van der Waals surface area contributed by atoms with E-state index in [1.165, 1.54) is 0 Å². The zero-order valence-corrected chi connectivity index (χ0v) is 11.0. The van der Waals surface area contributed by atoms with Gasteiger partial charge >= 0.3 is 0 Å². The van der Waals surface area contributed by atoms with E-state index in [1.54, 1.807) is 19.1 Å². The first-order valence-corrected chi connectivity index (χ1v) is 5.45. The molecule has 6 heteroatoms. The van der Waals surface area contributed by atoms with Crippen LogP contribution >= 0.6 is 12.4 Å². The monoisotopic (exact) mass is 271 g/mol. The number of hydrogen-bond acceptors (Lipinski definition) is 3. The van der Waals surface area contributed by atoms with E-state index in [-0.39, 0.29) is 43.2 Å². The van der Waals surface area contributed by atoms with Crippen LogP contribution in [0, 0.1) is 0 Å². The van der Waals surface area contributed by atoms with E-state index < -0.39 is 0 Å². The van der Waals surface area contributed by atoms with Crippen molar-refractivity contribution >= 4 is 29.9 Å². The second-order valence-corrected chi connectivity index (χ2v) is 3.87. The van der Waals surface area contributed by atoms with Crippen molar-refractivity contribution < 1.29 is 9.59 Å². The number of carbonyl (C=O) groups excluding carboxylic acids is 2. The van der Waals surface area contributed by atoms with Crippen molar-refractivity contribution in [2.45, 2.75) is 19.4 Å². The van der Waals surface area contributed by atoms with E-state index in [0.29, 0.717) is 5.69 Å². The second-order valence-electron chi connectivity index (χ2n) is 3.87. The summed E-state index contributed by atoms with van der Waals surface area (Å²) >= 11 is 0. The number of halogens is 1. The highest BCUT2D eigenvalue weighted by Crippen LogP contribution is 2.03. The molecule has 100 valence electrons. The fraction of sp³-hybridized carbons (Fsp3) is 0.333. The molecule has 0 aromatic heterocycles. The summed E-state index contributed by atoms with van der Waals surface area (Å²) in [5.74, 6) is -0.475. The lowest BCUT2D eigenvalue weighted by Gasteiger charge is -2.08. The van der Waals surface area contributed by atoms with Crippen molar-refractivity contribution in [3.05, 3.63) is 30.3 Å². The van der Waals surface area contributed by atoms with Crippen LogP contribution in [0.25, 0.3) is 0 Å². The van der Waals surface area contributed by atoms with Crippen molar-refractivity contribution in [3.63, 3.8) is 0 Å². The van der Waals surface area contributed by atoms with Crippen molar-refractivity contribution in [3.8, 4) is 0 Å². The van der Waals surface area contributed by atoms with E-state index in [4.69, 9.17) is 5.73 Å². The molecule has 0 aliphatic rings. The molecule has 1 aromatic rings. The average molecular weight is 272 g/mol. The van der Waals surface area contributed by atoms with Gasteiger partial charge in [0, 0.05) is 18.2 Å².